The minimum Gasteiger partial charge on any atom is -0.312 e. The molecule has 0 spiro atoms. The quantitative estimate of drug-likeness (QED) is 0.809. The molecule has 0 aromatic heterocycles. The van der Waals surface area contributed by atoms with E-state index in [1.165, 1.54) is 5.56 Å². The Balaban J connectivity index is 0.00000256. The summed E-state index contributed by atoms with van der Waals surface area (Å²) >= 11 is 8.04. The van der Waals surface area contributed by atoms with Gasteiger partial charge < -0.3 is 5.32 Å². The van der Waals surface area contributed by atoms with Gasteiger partial charge in [0.25, 0.3) is 0 Å². The van der Waals surface area contributed by atoms with E-state index in [0.717, 1.165) is 23.9 Å². The lowest BCUT2D eigenvalue weighted by Crippen LogP contribution is -2.19. The zero-order chi connectivity index (χ0) is 12.0. The molecule has 0 aliphatic rings. The van der Waals surface area contributed by atoms with Gasteiger partial charge in [-0.2, -0.15) is 11.8 Å². The third-order valence-electron chi connectivity index (χ3n) is 2.09. The zero-order valence-electron chi connectivity index (χ0n) is 10.6. The van der Waals surface area contributed by atoms with Crippen LogP contribution < -0.4 is 5.32 Å². The summed E-state index contributed by atoms with van der Waals surface area (Å²) in [6.45, 7) is 8.60. The number of hydrogen-bond donors (Lipinski definition) is 1. The Morgan fingerprint density at radius 3 is 2.47 bits per heavy atom. The first-order valence-electron chi connectivity index (χ1n) is 5.57. The largest absolute Gasteiger partial charge is 0.312 e. The molecule has 0 atom stereocenters. The molecule has 0 unspecified atom stereocenters. The maximum Gasteiger partial charge on any atom is 0.0450 e. The molecule has 4 heteroatoms. The van der Waals surface area contributed by atoms with Crippen LogP contribution in [0.1, 0.15) is 26.3 Å². The molecule has 0 fully saturated rings. The SMILES string of the molecule is CC(C)(C)SCCNCc1ccccc1Cl.Cl. The molecule has 0 radical (unpaired) electrons. The van der Waals surface area contributed by atoms with Gasteiger partial charge in [0.1, 0.15) is 0 Å². The first kappa shape index (κ1) is 17.1. The Hall–Kier alpha value is 0.110. The van der Waals surface area contributed by atoms with Crippen LogP contribution in [0.3, 0.4) is 0 Å². The van der Waals surface area contributed by atoms with Crippen LogP contribution in [0.15, 0.2) is 24.3 Å². The second-order valence-corrected chi connectivity index (χ2v) is 7.06. The fourth-order valence-corrected chi connectivity index (χ4v) is 2.36. The number of hydrogen-bond acceptors (Lipinski definition) is 2. The fourth-order valence-electron chi connectivity index (χ4n) is 1.29. The van der Waals surface area contributed by atoms with Crippen LogP contribution in [0.4, 0.5) is 0 Å². The molecule has 1 rings (SSSR count). The predicted octanol–water partition coefficient (Wildman–Crippen LogP) is 4.38. The summed E-state index contributed by atoms with van der Waals surface area (Å²) in [6.07, 6.45) is 0. The topological polar surface area (TPSA) is 12.0 Å². The van der Waals surface area contributed by atoms with Crippen molar-refractivity contribution in [1.82, 2.24) is 5.32 Å². The maximum atomic E-state index is 6.06. The van der Waals surface area contributed by atoms with E-state index in [1.54, 1.807) is 0 Å². The highest BCUT2D eigenvalue weighted by molar-refractivity contribution is 8.00. The van der Waals surface area contributed by atoms with E-state index in [1.807, 2.05) is 30.0 Å². The maximum absolute atomic E-state index is 6.06. The van der Waals surface area contributed by atoms with Gasteiger partial charge in [-0.1, -0.05) is 50.6 Å². The van der Waals surface area contributed by atoms with Crippen LogP contribution in [-0.2, 0) is 6.54 Å². The first-order valence-corrected chi connectivity index (χ1v) is 6.93. The molecule has 1 nitrogen and oxygen atoms in total. The van der Waals surface area contributed by atoms with Crippen LogP contribution in [0.2, 0.25) is 5.02 Å². The fraction of sp³-hybridized carbons (Fsp3) is 0.538. The lowest BCUT2D eigenvalue weighted by atomic mass is 10.2. The van der Waals surface area contributed by atoms with Gasteiger partial charge in [0.05, 0.1) is 0 Å². The first-order chi connectivity index (χ1) is 7.49. The molecule has 0 saturated carbocycles. The van der Waals surface area contributed by atoms with Crippen LogP contribution in [0.25, 0.3) is 0 Å². The Bertz CT molecular complexity index is 323. The molecule has 0 aliphatic heterocycles. The zero-order valence-corrected chi connectivity index (χ0v) is 13.0. The van der Waals surface area contributed by atoms with E-state index in [2.05, 4.69) is 32.2 Å². The van der Waals surface area contributed by atoms with Crippen molar-refractivity contribution in [2.24, 2.45) is 0 Å². The number of nitrogens with one attached hydrogen (secondary N) is 1. The number of halogens is 2. The van der Waals surface area contributed by atoms with E-state index in [-0.39, 0.29) is 12.4 Å². The Morgan fingerprint density at radius 1 is 1.24 bits per heavy atom. The van der Waals surface area contributed by atoms with E-state index < -0.39 is 0 Å². The molecule has 1 N–H and O–H groups in total. The van der Waals surface area contributed by atoms with E-state index in [0.29, 0.717) is 4.75 Å². The van der Waals surface area contributed by atoms with E-state index in [4.69, 9.17) is 11.6 Å². The average Bonchev–Trinajstić information content (AvgIpc) is 2.18. The van der Waals surface area contributed by atoms with Crippen LogP contribution in [-0.4, -0.2) is 17.0 Å². The van der Waals surface area contributed by atoms with Crippen molar-refractivity contribution in [3.63, 3.8) is 0 Å². The molecular formula is C13H21Cl2NS. The van der Waals surface area contributed by atoms with Crippen molar-refractivity contribution < 1.29 is 0 Å². The molecule has 0 bridgehead atoms. The van der Waals surface area contributed by atoms with Gasteiger partial charge in [0, 0.05) is 28.6 Å². The number of benzene rings is 1. The van der Waals surface area contributed by atoms with Gasteiger partial charge in [-0.3, -0.25) is 0 Å². The molecule has 0 amide bonds. The summed E-state index contributed by atoms with van der Waals surface area (Å²) in [5.41, 5.74) is 1.17. The highest BCUT2D eigenvalue weighted by Crippen LogP contribution is 2.22. The summed E-state index contributed by atoms with van der Waals surface area (Å²) in [4.78, 5) is 0. The molecule has 0 heterocycles. The molecule has 17 heavy (non-hydrogen) atoms. The predicted molar refractivity (Wildman–Crippen MR) is 82.6 cm³/mol. The summed E-state index contributed by atoms with van der Waals surface area (Å²) in [5.74, 6) is 1.13. The van der Waals surface area contributed by atoms with Crippen molar-refractivity contribution in [3.8, 4) is 0 Å². The molecule has 0 aliphatic carbocycles. The number of thioether (sulfide) groups is 1. The molecular weight excluding hydrogens is 273 g/mol. The van der Waals surface area contributed by atoms with Gasteiger partial charge in [-0.25, -0.2) is 0 Å². The van der Waals surface area contributed by atoms with E-state index in [9.17, 15) is 0 Å². The van der Waals surface area contributed by atoms with Crippen molar-refractivity contribution in [1.29, 1.82) is 0 Å². The minimum absolute atomic E-state index is 0. The summed E-state index contributed by atoms with van der Waals surface area (Å²) in [6, 6.07) is 7.97. The third-order valence-corrected chi connectivity index (χ3v) is 3.73. The van der Waals surface area contributed by atoms with Crippen molar-refractivity contribution in [2.45, 2.75) is 32.1 Å². The molecule has 98 valence electrons. The van der Waals surface area contributed by atoms with Crippen molar-refractivity contribution in [3.05, 3.63) is 34.9 Å². The summed E-state index contributed by atoms with van der Waals surface area (Å²) in [5, 5.41) is 4.26. The van der Waals surface area contributed by atoms with Crippen molar-refractivity contribution >= 4 is 35.8 Å². The molecule has 0 saturated heterocycles. The minimum atomic E-state index is 0. The number of rotatable bonds is 5. The van der Waals surface area contributed by atoms with Crippen LogP contribution in [0, 0.1) is 0 Å². The highest BCUT2D eigenvalue weighted by atomic mass is 35.5. The van der Waals surface area contributed by atoms with Gasteiger partial charge >= 0.3 is 0 Å². The Morgan fingerprint density at radius 2 is 1.88 bits per heavy atom. The summed E-state index contributed by atoms with van der Waals surface area (Å²) in [7, 11) is 0. The van der Waals surface area contributed by atoms with Gasteiger partial charge in [-0.05, 0) is 11.6 Å². The smallest absolute Gasteiger partial charge is 0.0450 e. The van der Waals surface area contributed by atoms with Gasteiger partial charge in [-0.15, -0.1) is 12.4 Å². The van der Waals surface area contributed by atoms with Crippen molar-refractivity contribution in [2.75, 3.05) is 12.3 Å². The second kappa shape index (κ2) is 8.25. The van der Waals surface area contributed by atoms with Gasteiger partial charge in [0.15, 0.2) is 0 Å². The standard InChI is InChI=1S/C13H20ClNS.ClH/c1-13(2,3)16-9-8-15-10-11-6-4-5-7-12(11)14;/h4-7,15H,8-10H2,1-3H3;1H. The lowest BCUT2D eigenvalue weighted by Gasteiger charge is -2.17. The lowest BCUT2D eigenvalue weighted by molar-refractivity contribution is 0.726. The highest BCUT2D eigenvalue weighted by Gasteiger charge is 2.09. The van der Waals surface area contributed by atoms with Crippen LogP contribution in [0.5, 0.6) is 0 Å². The Labute approximate surface area is 120 Å². The Kier molecular flexibility index (Phi) is 8.31. The third kappa shape index (κ3) is 7.93. The molecule has 1 aromatic carbocycles. The summed E-state index contributed by atoms with van der Waals surface area (Å²) < 4.78 is 0.353. The normalized spacial score (nSPS) is 11.1. The monoisotopic (exact) mass is 293 g/mol. The van der Waals surface area contributed by atoms with Crippen LogP contribution >= 0.6 is 35.8 Å². The molecule has 1 aromatic rings. The average molecular weight is 294 g/mol. The van der Waals surface area contributed by atoms with Gasteiger partial charge in [0.2, 0.25) is 0 Å². The van der Waals surface area contributed by atoms with E-state index >= 15 is 0 Å². The second-order valence-electron chi connectivity index (χ2n) is 4.73.